The van der Waals surface area contributed by atoms with Gasteiger partial charge in [0.15, 0.2) is 5.65 Å². The molecule has 0 aromatic carbocycles. The second-order valence-electron chi connectivity index (χ2n) is 6.40. The molecule has 0 radical (unpaired) electrons. The van der Waals surface area contributed by atoms with E-state index < -0.39 is 0 Å². The Morgan fingerprint density at radius 1 is 1.19 bits per heavy atom. The van der Waals surface area contributed by atoms with Crippen molar-refractivity contribution in [1.82, 2.24) is 19.6 Å². The first-order valence-electron chi connectivity index (χ1n) is 9.05. The summed E-state index contributed by atoms with van der Waals surface area (Å²) in [6.45, 7) is 1.42. The fourth-order valence-electron chi connectivity index (χ4n) is 3.36. The van der Waals surface area contributed by atoms with Gasteiger partial charge in [-0.1, -0.05) is 12.8 Å². The maximum absolute atomic E-state index is 5.89. The van der Waals surface area contributed by atoms with E-state index in [1.54, 1.807) is 24.0 Å². The minimum Gasteiger partial charge on any atom is -0.481 e. The van der Waals surface area contributed by atoms with Gasteiger partial charge in [-0.15, -0.1) is 5.10 Å². The summed E-state index contributed by atoms with van der Waals surface area (Å²) >= 11 is 0. The molecule has 4 rings (SSSR count). The van der Waals surface area contributed by atoms with Gasteiger partial charge in [0.05, 0.1) is 37.3 Å². The van der Waals surface area contributed by atoms with Crippen molar-refractivity contribution in [3.05, 3.63) is 36.7 Å². The first-order valence-corrected chi connectivity index (χ1v) is 9.05. The van der Waals surface area contributed by atoms with Gasteiger partial charge in [-0.2, -0.15) is 0 Å². The summed E-state index contributed by atoms with van der Waals surface area (Å²) in [5.41, 5.74) is 2.48. The van der Waals surface area contributed by atoms with E-state index in [9.17, 15) is 0 Å². The van der Waals surface area contributed by atoms with Crippen molar-refractivity contribution >= 4 is 11.5 Å². The van der Waals surface area contributed by atoms with E-state index in [-0.39, 0.29) is 0 Å². The lowest BCUT2D eigenvalue weighted by Gasteiger charge is -2.12. The lowest BCUT2D eigenvalue weighted by molar-refractivity contribution is 0.0658. The molecule has 0 saturated heterocycles. The number of rotatable bonds is 7. The lowest BCUT2D eigenvalue weighted by atomic mass is 10.2. The molecular formula is C19H23N5O2. The number of anilines is 1. The molecule has 0 atom stereocenters. The Balaban J connectivity index is 1.49. The van der Waals surface area contributed by atoms with Crippen LogP contribution in [0.15, 0.2) is 36.7 Å². The summed E-state index contributed by atoms with van der Waals surface area (Å²) in [6, 6.07) is 7.70. The Kier molecular flexibility index (Phi) is 4.97. The van der Waals surface area contributed by atoms with Gasteiger partial charge in [0, 0.05) is 12.7 Å². The van der Waals surface area contributed by atoms with Crippen LogP contribution in [0.1, 0.15) is 25.7 Å². The number of hydrogen-bond acceptors (Lipinski definition) is 6. The van der Waals surface area contributed by atoms with Gasteiger partial charge in [0.25, 0.3) is 0 Å². The second kappa shape index (κ2) is 7.70. The number of aromatic nitrogens is 4. The molecule has 0 bridgehead atoms. The molecular weight excluding hydrogens is 330 g/mol. The average Bonchev–Trinajstić information content (AvgIpc) is 3.34. The Morgan fingerprint density at radius 3 is 2.92 bits per heavy atom. The van der Waals surface area contributed by atoms with Gasteiger partial charge in [-0.05, 0) is 37.1 Å². The van der Waals surface area contributed by atoms with E-state index in [2.05, 4.69) is 20.4 Å². The minimum atomic E-state index is 0.436. The third-order valence-corrected chi connectivity index (χ3v) is 4.67. The van der Waals surface area contributed by atoms with E-state index in [1.165, 1.54) is 25.7 Å². The largest absolute Gasteiger partial charge is 0.481 e. The standard InChI is InChI=1S/C19H23N5O2/c1-25-19-15(7-4-10-21-19)16-13-22-18-9-8-17(23-24(16)18)20-11-12-26-14-5-2-3-6-14/h4,7-10,13-14H,2-3,5-6,11-12H2,1H3,(H,20,23). The van der Waals surface area contributed by atoms with Crippen molar-refractivity contribution in [2.24, 2.45) is 0 Å². The summed E-state index contributed by atoms with van der Waals surface area (Å²) in [6.07, 6.45) is 8.89. The summed E-state index contributed by atoms with van der Waals surface area (Å²) < 4.78 is 13.1. The lowest BCUT2D eigenvalue weighted by Crippen LogP contribution is -2.16. The molecule has 1 fully saturated rings. The molecule has 3 aromatic rings. The van der Waals surface area contributed by atoms with Crippen LogP contribution in [-0.4, -0.2) is 45.9 Å². The molecule has 1 N–H and O–H groups in total. The Hall–Kier alpha value is -2.67. The predicted molar refractivity (Wildman–Crippen MR) is 99.5 cm³/mol. The molecule has 7 nitrogen and oxygen atoms in total. The van der Waals surface area contributed by atoms with Crippen LogP contribution in [0.4, 0.5) is 5.82 Å². The smallest absolute Gasteiger partial charge is 0.222 e. The monoisotopic (exact) mass is 353 g/mol. The predicted octanol–water partition coefficient (Wildman–Crippen LogP) is 3.17. The van der Waals surface area contributed by atoms with Crippen LogP contribution in [0, 0.1) is 0 Å². The normalized spacial score (nSPS) is 14.8. The van der Waals surface area contributed by atoms with Crippen molar-refractivity contribution < 1.29 is 9.47 Å². The average molecular weight is 353 g/mol. The molecule has 7 heteroatoms. The fourth-order valence-corrected chi connectivity index (χ4v) is 3.36. The van der Waals surface area contributed by atoms with Gasteiger partial charge in [0.2, 0.25) is 5.88 Å². The van der Waals surface area contributed by atoms with E-state index in [1.807, 2.05) is 24.3 Å². The first kappa shape index (κ1) is 16.8. The van der Waals surface area contributed by atoms with E-state index >= 15 is 0 Å². The highest BCUT2D eigenvalue weighted by atomic mass is 16.5. The van der Waals surface area contributed by atoms with Crippen LogP contribution in [0.5, 0.6) is 5.88 Å². The minimum absolute atomic E-state index is 0.436. The molecule has 0 spiro atoms. The van der Waals surface area contributed by atoms with Crippen molar-refractivity contribution in [3.63, 3.8) is 0 Å². The van der Waals surface area contributed by atoms with E-state index in [0.29, 0.717) is 18.6 Å². The Bertz CT molecular complexity index is 873. The van der Waals surface area contributed by atoms with Crippen molar-refractivity contribution in [2.45, 2.75) is 31.8 Å². The SMILES string of the molecule is COc1ncccc1-c1cnc2ccc(NCCOC3CCCC3)nn12. The van der Waals surface area contributed by atoms with Crippen molar-refractivity contribution in [3.8, 4) is 17.1 Å². The van der Waals surface area contributed by atoms with Crippen LogP contribution >= 0.6 is 0 Å². The van der Waals surface area contributed by atoms with Crippen LogP contribution in [0.25, 0.3) is 16.9 Å². The van der Waals surface area contributed by atoms with Crippen molar-refractivity contribution in [1.29, 1.82) is 0 Å². The summed E-state index contributed by atoms with van der Waals surface area (Å²) in [7, 11) is 1.61. The first-order chi connectivity index (χ1) is 12.8. The number of nitrogens with zero attached hydrogens (tertiary/aromatic N) is 4. The number of hydrogen-bond donors (Lipinski definition) is 1. The van der Waals surface area contributed by atoms with Crippen LogP contribution < -0.4 is 10.1 Å². The molecule has 3 heterocycles. The maximum atomic E-state index is 5.89. The summed E-state index contributed by atoms with van der Waals surface area (Å²) in [5.74, 6) is 1.34. The van der Waals surface area contributed by atoms with E-state index in [0.717, 1.165) is 29.3 Å². The zero-order valence-corrected chi connectivity index (χ0v) is 14.9. The van der Waals surface area contributed by atoms with Crippen LogP contribution in [0.3, 0.4) is 0 Å². The molecule has 0 amide bonds. The fraction of sp³-hybridized carbons (Fsp3) is 0.421. The molecule has 0 aliphatic heterocycles. The molecule has 1 saturated carbocycles. The Labute approximate surface area is 152 Å². The zero-order valence-electron chi connectivity index (χ0n) is 14.9. The molecule has 1 aliphatic carbocycles. The third kappa shape index (κ3) is 3.48. The van der Waals surface area contributed by atoms with E-state index in [4.69, 9.17) is 9.47 Å². The van der Waals surface area contributed by atoms with Gasteiger partial charge in [-0.3, -0.25) is 0 Å². The quantitative estimate of drug-likeness (QED) is 0.658. The van der Waals surface area contributed by atoms with Gasteiger partial charge >= 0.3 is 0 Å². The summed E-state index contributed by atoms with van der Waals surface area (Å²) in [4.78, 5) is 8.68. The zero-order chi connectivity index (χ0) is 17.8. The number of methoxy groups -OCH3 is 1. The van der Waals surface area contributed by atoms with Crippen LogP contribution in [0.2, 0.25) is 0 Å². The number of imidazole rings is 1. The highest BCUT2D eigenvalue weighted by Gasteiger charge is 2.15. The second-order valence-corrected chi connectivity index (χ2v) is 6.40. The van der Waals surface area contributed by atoms with Crippen LogP contribution in [-0.2, 0) is 4.74 Å². The number of nitrogens with one attached hydrogen (secondary N) is 1. The molecule has 3 aromatic heterocycles. The molecule has 26 heavy (non-hydrogen) atoms. The molecule has 136 valence electrons. The maximum Gasteiger partial charge on any atom is 0.222 e. The number of fused-ring (bicyclic) bond motifs is 1. The van der Waals surface area contributed by atoms with Crippen molar-refractivity contribution in [2.75, 3.05) is 25.6 Å². The summed E-state index contributed by atoms with van der Waals surface area (Å²) in [5, 5.41) is 7.99. The Morgan fingerprint density at radius 2 is 2.08 bits per heavy atom. The molecule has 1 aliphatic rings. The topological polar surface area (TPSA) is 73.6 Å². The van der Waals surface area contributed by atoms with Gasteiger partial charge in [0.1, 0.15) is 5.82 Å². The number of pyridine rings is 1. The highest BCUT2D eigenvalue weighted by Crippen LogP contribution is 2.28. The number of ether oxygens (including phenoxy) is 2. The molecule has 0 unspecified atom stereocenters. The van der Waals surface area contributed by atoms with Gasteiger partial charge in [-0.25, -0.2) is 14.5 Å². The third-order valence-electron chi connectivity index (χ3n) is 4.67. The highest BCUT2D eigenvalue weighted by molar-refractivity contribution is 5.68. The van der Waals surface area contributed by atoms with Gasteiger partial charge < -0.3 is 14.8 Å².